The summed E-state index contributed by atoms with van der Waals surface area (Å²) in [5, 5.41) is 0. The summed E-state index contributed by atoms with van der Waals surface area (Å²) in [6, 6.07) is 0. The first-order chi connectivity index (χ1) is 3.76. The predicted octanol–water partition coefficient (Wildman–Crippen LogP) is 2.14. The van der Waals surface area contributed by atoms with Crippen LogP contribution in [0.15, 0.2) is 0 Å². The molecule has 0 amide bonds. The molecular formula is C7H11F. The van der Waals surface area contributed by atoms with Gasteiger partial charge in [0, 0.05) is 5.41 Å². The Labute approximate surface area is 49.1 Å². The van der Waals surface area contributed by atoms with Crippen LogP contribution >= 0.6 is 0 Å². The fourth-order valence-corrected chi connectivity index (χ4v) is 1.92. The summed E-state index contributed by atoms with van der Waals surface area (Å²) >= 11 is 0. The standard InChI is InChI=1S/C7H11F/c1-5-4-7(5)3-2-6(7)8/h5-6H,2-4H2,1H3/t5?,6-,7?/m1/s1. The van der Waals surface area contributed by atoms with Crippen LogP contribution in [-0.2, 0) is 0 Å². The average Bonchev–Trinajstić information content (AvgIpc) is 2.40. The number of hydrogen-bond donors (Lipinski definition) is 0. The van der Waals surface area contributed by atoms with Gasteiger partial charge in [0.15, 0.2) is 0 Å². The van der Waals surface area contributed by atoms with E-state index in [0.717, 1.165) is 19.3 Å². The van der Waals surface area contributed by atoms with E-state index in [2.05, 4.69) is 6.92 Å². The first-order valence-corrected chi connectivity index (χ1v) is 3.40. The third kappa shape index (κ3) is 0.329. The quantitative estimate of drug-likeness (QED) is 0.452. The summed E-state index contributed by atoms with van der Waals surface area (Å²) in [5.74, 6) is 0.700. The van der Waals surface area contributed by atoms with E-state index in [4.69, 9.17) is 0 Å². The van der Waals surface area contributed by atoms with E-state index in [0.29, 0.717) is 5.92 Å². The van der Waals surface area contributed by atoms with Crippen LogP contribution in [0, 0.1) is 11.3 Å². The second-order valence-electron chi connectivity index (χ2n) is 3.34. The van der Waals surface area contributed by atoms with Crippen molar-refractivity contribution in [3.8, 4) is 0 Å². The Kier molecular flexibility index (Phi) is 0.653. The molecule has 0 saturated heterocycles. The molecule has 2 aliphatic carbocycles. The van der Waals surface area contributed by atoms with Crippen LogP contribution in [0.3, 0.4) is 0 Å². The molecule has 0 aromatic rings. The van der Waals surface area contributed by atoms with Crippen LogP contribution in [0.4, 0.5) is 4.39 Å². The van der Waals surface area contributed by atoms with Gasteiger partial charge in [-0.3, -0.25) is 0 Å². The number of halogens is 1. The van der Waals surface area contributed by atoms with Gasteiger partial charge in [-0.15, -0.1) is 0 Å². The topological polar surface area (TPSA) is 0 Å². The van der Waals surface area contributed by atoms with Crippen molar-refractivity contribution < 1.29 is 4.39 Å². The molecule has 0 aliphatic heterocycles. The van der Waals surface area contributed by atoms with Gasteiger partial charge < -0.3 is 0 Å². The molecular weight excluding hydrogens is 103 g/mol. The molecule has 0 heterocycles. The molecule has 2 rings (SSSR count). The maximum Gasteiger partial charge on any atom is 0.106 e. The molecule has 3 atom stereocenters. The van der Waals surface area contributed by atoms with Crippen LogP contribution in [0.1, 0.15) is 26.2 Å². The van der Waals surface area contributed by atoms with Crippen molar-refractivity contribution in [2.24, 2.45) is 11.3 Å². The van der Waals surface area contributed by atoms with Crippen LogP contribution < -0.4 is 0 Å². The molecule has 2 saturated carbocycles. The molecule has 2 aliphatic rings. The second-order valence-corrected chi connectivity index (χ2v) is 3.34. The Hall–Kier alpha value is -0.0700. The van der Waals surface area contributed by atoms with E-state index in [1.807, 2.05) is 0 Å². The highest BCUT2D eigenvalue weighted by Gasteiger charge is 2.62. The lowest BCUT2D eigenvalue weighted by Crippen LogP contribution is -2.30. The summed E-state index contributed by atoms with van der Waals surface area (Å²) in [5.41, 5.74) is 0.222. The van der Waals surface area contributed by atoms with E-state index < -0.39 is 6.17 Å². The van der Waals surface area contributed by atoms with E-state index in [9.17, 15) is 4.39 Å². The SMILES string of the molecule is CC1CC12CC[C@H]2F. The fourth-order valence-electron chi connectivity index (χ4n) is 1.92. The third-order valence-corrected chi connectivity index (χ3v) is 2.99. The van der Waals surface area contributed by atoms with E-state index >= 15 is 0 Å². The zero-order valence-electron chi connectivity index (χ0n) is 5.15. The van der Waals surface area contributed by atoms with Crippen molar-refractivity contribution in [2.45, 2.75) is 32.4 Å². The van der Waals surface area contributed by atoms with Gasteiger partial charge in [0.2, 0.25) is 0 Å². The Balaban J connectivity index is 2.08. The molecule has 8 heavy (non-hydrogen) atoms. The number of alkyl halides is 1. The molecule has 0 N–H and O–H groups in total. The Morgan fingerprint density at radius 3 is 2.25 bits per heavy atom. The summed E-state index contributed by atoms with van der Waals surface area (Å²) in [6.45, 7) is 2.16. The second kappa shape index (κ2) is 1.09. The molecule has 0 bridgehead atoms. The summed E-state index contributed by atoms with van der Waals surface area (Å²) in [7, 11) is 0. The molecule has 0 aromatic heterocycles. The maximum atomic E-state index is 12.6. The van der Waals surface area contributed by atoms with Crippen molar-refractivity contribution in [1.29, 1.82) is 0 Å². The van der Waals surface area contributed by atoms with Crippen molar-refractivity contribution >= 4 is 0 Å². The fraction of sp³-hybridized carbons (Fsp3) is 1.00. The Morgan fingerprint density at radius 1 is 1.62 bits per heavy atom. The maximum absolute atomic E-state index is 12.6. The van der Waals surface area contributed by atoms with Crippen LogP contribution in [0.25, 0.3) is 0 Å². The third-order valence-electron chi connectivity index (χ3n) is 2.99. The van der Waals surface area contributed by atoms with Crippen molar-refractivity contribution in [2.75, 3.05) is 0 Å². The van der Waals surface area contributed by atoms with Gasteiger partial charge >= 0.3 is 0 Å². The zero-order chi connectivity index (χ0) is 5.78. The monoisotopic (exact) mass is 114 g/mol. The van der Waals surface area contributed by atoms with Gasteiger partial charge in [-0.1, -0.05) is 6.92 Å². The molecule has 2 fully saturated rings. The van der Waals surface area contributed by atoms with Crippen LogP contribution in [-0.4, -0.2) is 6.17 Å². The molecule has 0 nitrogen and oxygen atoms in total. The zero-order valence-corrected chi connectivity index (χ0v) is 5.15. The van der Waals surface area contributed by atoms with E-state index in [1.54, 1.807) is 0 Å². The molecule has 0 aromatic carbocycles. The smallest absolute Gasteiger partial charge is 0.106 e. The number of hydrogen-bond acceptors (Lipinski definition) is 0. The average molecular weight is 114 g/mol. The van der Waals surface area contributed by atoms with Gasteiger partial charge in [0.1, 0.15) is 6.17 Å². The summed E-state index contributed by atoms with van der Waals surface area (Å²) in [4.78, 5) is 0. The van der Waals surface area contributed by atoms with Gasteiger partial charge in [-0.25, -0.2) is 4.39 Å². The molecule has 0 radical (unpaired) electrons. The molecule has 46 valence electrons. The summed E-state index contributed by atoms with van der Waals surface area (Å²) in [6.07, 6.45) is 2.73. The molecule has 1 spiro atoms. The lowest BCUT2D eigenvalue weighted by atomic mass is 9.78. The van der Waals surface area contributed by atoms with Crippen molar-refractivity contribution in [3.63, 3.8) is 0 Å². The highest BCUT2D eigenvalue weighted by Crippen LogP contribution is 2.66. The lowest BCUT2D eigenvalue weighted by molar-refractivity contribution is 0.0781. The highest BCUT2D eigenvalue weighted by atomic mass is 19.1. The lowest BCUT2D eigenvalue weighted by Gasteiger charge is -2.31. The summed E-state index contributed by atoms with van der Waals surface area (Å²) < 4.78 is 12.6. The molecule has 1 heteroatoms. The van der Waals surface area contributed by atoms with Crippen LogP contribution in [0.2, 0.25) is 0 Å². The van der Waals surface area contributed by atoms with Crippen molar-refractivity contribution in [3.05, 3.63) is 0 Å². The first-order valence-electron chi connectivity index (χ1n) is 3.40. The predicted molar refractivity (Wildman–Crippen MR) is 30.3 cm³/mol. The number of rotatable bonds is 0. The minimum atomic E-state index is -0.433. The normalized spacial score (nSPS) is 60.8. The van der Waals surface area contributed by atoms with Gasteiger partial charge in [0.05, 0.1) is 0 Å². The minimum Gasteiger partial charge on any atom is -0.247 e. The first kappa shape index (κ1) is 4.78. The minimum absolute atomic E-state index is 0.222. The largest absolute Gasteiger partial charge is 0.247 e. The van der Waals surface area contributed by atoms with Gasteiger partial charge in [-0.2, -0.15) is 0 Å². The van der Waals surface area contributed by atoms with Gasteiger partial charge in [-0.05, 0) is 25.2 Å². The van der Waals surface area contributed by atoms with Crippen molar-refractivity contribution in [1.82, 2.24) is 0 Å². The Bertz CT molecular complexity index is 118. The highest BCUT2D eigenvalue weighted by molar-refractivity contribution is 5.11. The van der Waals surface area contributed by atoms with Crippen LogP contribution in [0.5, 0.6) is 0 Å². The molecule has 2 unspecified atom stereocenters. The van der Waals surface area contributed by atoms with E-state index in [-0.39, 0.29) is 5.41 Å². The van der Waals surface area contributed by atoms with E-state index in [1.165, 1.54) is 0 Å². The Morgan fingerprint density at radius 2 is 2.25 bits per heavy atom. The van der Waals surface area contributed by atoms with Gasteiger partial charge in [0.25, 0.3) is 0 Å².